The molecule has 6 heteroatoms. The van der Waals surface area contributed by atoms with E-state index in [0.717, 1.165) is 34.9 Å². The van der Waals surface area contributed by atoms with Crippen LogP contribution in [0.15, 0.2) is 46.9 Å². The van der Waals surface area contributed by atoms with Crippen LogP contribution in [0.3, 0.4) is 0 Å². The summed E-state index contributed by atoms with van der Waals surface area (Å²) in [6.07, 6.45) is 6.82. The summed E-state index contributed by atoms with van der Waals surface area (Å²) in [5.41, 5.74) is 2.64. The number of amides is 3. The molecule has 160 valence electrons. The van der Waals surface area contributed by atoms with E-state index in [2.05, 4.69) is 15.9 Å². The Hall–Kier alpha value is -2.47. The Labute approximate surface area is 190 Å². The normalized spacial score (nSPS) is 19.7. The first-order valence-electron chi connectivity index (χ1n) is 11.1. The fraction of sp³-hybridized carbons (Fsp3) is 0.400. The molecule has 5 nitrogen and oxygen atoms in total. The highest BCUT2D eigenvalue weighted by molar-refractivity contribution is 9.10. The van der Waals surface area contributed by atoms with E-state index in [4.69, 9.17) is 0 Å². The summed E-state index contributed by atoms with van der Waals surface area (Å²) in [4.78, 5) is 42.5. The van der Waals surface area contributed by atoms with Crippen molar-refractivity contribution in [2.75, 3.05) is 6.54 Å². The zero-order valence-electron chi connectivity index (χ0n) is 17.4. The van der Waals surface area contributed by atoms with Gasteiger partial charge in [-0.3, -0.25) is 19.3 Å². The molecule has 1 atom stereocenters. The van der Waals surface area contributed by atoms with Crippen LogP contribution in [-0.2, 0) is 6.54 Å². The van der Waals surface area contributed by atoms with E-state index in [0.29, 0.717) is 23.6 Å². The number of halogens is 1. The van der Waals surface area contributed by atoms with Gasteiger partial charge in [0.15, 0.2) is 0 Å². The fourth-order valence-corrected chi connectivity index (χ4v) is 5.74. The van der Waals surface area contributed by atoms with Crippen molar-refractivity contribution in [1.82, 2.24) is 9.80 Å². The lowest BCUT2D eigenvalue weighted by Gasteiger charge is -2.34. The Bertz CT molecular complexity index is 1030. The third-order valence-corrected chi connectivity index (χ3v) is 7.43. The summed E-state index contributed by atoms with van der Waals surface area (Å²) in [6, 6.07) is 12.6. The molecular formula is C25H25BrN2O3. The predicted octanol–water partition coefficient (Wildman–Crippen LogP) is 5.04. The molecule has 2 aromatic carbocycles. The number of carbonyl (C=O) groups excluding carboxylic acids is 3. The van der Waals surface area contributed by atoms with Gasteiger partial charge in [-0.1, -0.05) is 60.2 Å². The van der Waals surface area contributed by atoms with Crippen LogP contribution in [-0.4, -0.2) is 40.1 Å². The fourth-order valence-electron chi connectivity index (χ4n) is 5.33. The number of fused-ring (bicyclic) bond motifs is 2. The summed E-state index contributed by atoms with van der Waals surface area (Å²) >= 11 is 3.50. The van der Waals surface area contributed by atoms with E-state index in [1.54, 1.807) is 24.3 Å². The molecule has 0 saturated heterocycles. The summed E-state index contributed by atoms with van der Waals surface area (Å²) < 4.78 is 0.949. The predicted molar refractivity (Wildman–Crippen MR) is 121 cm³/mol. The van der Waals surface area contributed by atoms with Crippen LogP contribution in [0.4, 0.5) is 0 Å². The monoisotopic (exact) mass is 480 g/mol. The molecule has 3 aliphatic rings. The molecular weight excluding hydrogens is 456 g/mol. The minimum atomic E-state index is -0.249. The van der Waals surface area contributed by atoms with Crippen LogP contribution >= 0.6 is 15.9 Å². The number of hydrogen-bond donors (Lipinski definition) is 0. The molecule has 5 rings (SSSR count). The smallest absolute Gasteiger partial charge is 0.261 e. The molecule has 2 heterocycles. The van der Waals surface area contributed by atoms with Gasteiger partial charge in [0.05, 0.1) is 17.2 Å². The highest BCUT2D eigenvalue weighted by Crippen LogP contribution is 2.34. The van der Waals surface area contributed by atoms with Gasteiger partial charge in [0.25, 0.3) is 17.7 Å². The van der Waals surface area contributed by atoms with Crippen LogP contribution in [0.5, 0.6) is 0 Å². The number of imide groups is 1. The lowest BCUT2D eigenvalue weighted by atomic mass is 9.84. The first-order chi connectivity index (χ1) is 15.0. The highest BCUT2D eigenvalue weighted by Gasteiger charge is 2.40. The summed E-state index contributed by atoms with van der Waals surface area (Å²) in [5, 5.41) is 0. The van der Waals surface area contributed by atoms with Gasteiger partial charge in [-0.05, 0) is 48.2 Å². The van der Waals surface area contributed by atoms with Crippen molar-refractivity contribution in [3.05, 3.63) is 69.2 Å². The molecule has 1 aliphatic carbocycles. The molecule has 2 aliphatic heterocycles. The number of carbonyl (C=O) groups is 3. The topological polar surface area (TPSA) is 57.7 Å². The Balaban J connectivity index is 1.42. The average molecular weight is 481 g/mol. The largest absolute Gasteiger partial charge is 0.329 e. The van der Waals surface area contributed by atoms with Crippen molar-refractivity contribution < 1.29 is 14.4 Å². The van der Waals surface area contributed by atoms with E-state index < -0.39 is 0 Å². The van der Waals surface area contributed by atoms with Crippen LogP contribution < -0.4 is 0 Å². The van der Waals surface area contributed by atoms with Crippen LogP contribution in [0.1, 0.15) is 75.2 Å². The number of nitrogens with zero attached hydrogens (tertiary/aromatic N) is 2. The van der Waals surface area contributed by atoms with E-state index in [1.807, 2.05) is 23.1 Å². The standard InChI is InChI=1S/C25H25BrN2O3/c26-18-10-11-20-17(13-18)14-27(23(20)29)19(12-16-6-2-1-3-7-16)15-28-24(30)21-8-4-5-9-22(21)25(28)31/h4-5,8-11,13,16,19H,1-3,6-7,12,14-15H2/t19-/m0/s1. The zero-order valence-corrected chi connectivity index (χ0v) is 18.9. The van der Waals surface area contributed by atoms with Gasteiger partial charge in [-0.25, -0.2) is 0 Å². The van der Waals surface area contributed by atoms with Gasteiger partial charge < -0.3 is 4.90 Å². The maximum atomic E-state index is 13.3. The molecule has 0 N–H and O–H groups in total. The number of benzene rings is 2. The Morgan fingerprint density at radius 1 is 0.871 bits per heavy atom. The van der Waals surface area contributed by atoms with Gasteiger partial charge in [-0.15, -0.1) is 0 Å². The molecule has 2 aromatic rings. The maximum absolute atomic E-state index is 13.3. The second-order valence-electron chi connectivity index (χ2n) is 8.89. The first-order valence-corrected chi connectivity index (χ1v) is 11.9. The third-order valence-electron chi connectivity index (χ3n) is 6.94. The van der Waals surface area contributed by atoms with Crippen LogP contribution in [0.25, 0.3) is 0 Å². The molecule has 0 aromatic heterocycles. The van der Waals surface area contributed by atoms with Crippen molar-refractivity contribution in [2.45, 2.75) is 51.1 Å². The molecule has 3 amide bonds. The van der Waals surface area contributed by atoms with Crippen molar-refractivity contribution in [2.24, 2.45) is 5.92 Å². The number of rotatable bonds is 5. The first kappa shape index (κ1) is 20.4. The second-order valence-corrected chi connectivity index (χ2v) is 9.81. The van der Waals surface area contributed by atoms with Crippen molar-refractivity contribution in [3.63, 3.8) is 0 Å². The average Bonchev–Trinajstić information content (AvgIpc) is 3.23. The number of hydrogen-bond acceptors (Lipinski definition) is 3. The van der Waals surface area contributed by atoms with Crippen LogP contribution in [0, 0.1) is 5.92 Å². The van der Waals surface area contributed by atoms with Crippen molar-refractivity contribution in [3.8, 4) is 0 Å². The zero-order chi connectivity index (χ0) is 21.5. The van der Waals surface area contributed by atoms with Gasteiger partial charge in [0.2, 0.25) is 0 Å². The molecule has 0 spiro atoms. The van der Waals surface area contributed by atoms with Crippen molar-refractivity contribution >= 4 is 33.7 Å². The Morgan fingerprint density at radius 2 is 1.55 bits per heavy atom. The highest BCUT2D eigenvalue weighted by atomic mass is 79.9. The van der Waals surface area contributed by atoms with E-state index in [1.165, 1.54) is 24.2 Å². The lowest BCUT2D eigenvalue weighted by Crippen LogP contribution is -2.47. The summed E-state index contributed by atoms with van der Waals surface area (Å²) in [5.74, 6) is 0.0272. The molecule has 0 radical (unpaired) electrons. The maximum Gasteiger partial charge on any atom is 0.261 e. The van der Waals surface area contributed by atoms with Crippen molar-refractivity contribution in [1.29, 1.82) is 0 Å². The second kappa shape index (κ2) is 8.23. The minimum absolute atomic E-state index is 0.0000755. The van der Waals surface area contributed by atoms with Gasteiger partial charge in [0.1, 0.15) is 0 Å². The summed E-state index contributed by atoms with van der Waals surface area (Å²) in [7, 11) is 0. The quantitative estimate of drug-likeness (QED) is 0.563. The van der Waals surface area contributed by atoms with Gasteiger partial charge in [0, 0.05) is 23.1 Å². The molecule has 0 unspecified atom stereocenters. The molecule has 31 heavy (non-hydrogen) atoms. The molecule has 0 bridgehead atoms. The SMILES string of the molecule is O=C1c2ccccc2C(=O)N1C[C@H](CC1CCCCC1)N1Cc2cc(Br)ccc2C1=O. The summed E-state index contributed by atoms with van der Waals surface area (Å²) in [6.45, 7) is 0.776. The van der Waals surface area contributed by atoms with E-state index in [-0.39, 0.29) is 30.3 Å². The molecule has 1 fully saturated rings. The van der Waals surface area contributed by atoms with E-state index in [9.17, 15) is 14.4 Å². The Morgan fingerprint density at radius 3 is 2.23 bits per heavy atom. The minimum Gasteiger partial charge on any atom is -0.329 e. The van der Waals surface area contributed by atoms with Crippen LogP contribution in [0.2, 0.25) is 0 Å². The van der Waals surface area contributed by atoms with Gasteiger partial charge in [-0.2, -0.15) is 0 Å². The van der Waals surface area contributed by atoms with Gasteiger partial charge >= 0.3 is 0 Å². The van der Waals surface area contributed by atoms with E-state index >= 15 is 0 Å². The lowest BCUT2D eigenvalue weighted by molar-refractivity contribution is 0.0493. The molecule has 1 saturated carbocycles. The Kier molecular flexibility index (Phi) is 5.42. The third kappa shape index (κ3) is 3.71.